The Morgan fingerprint density at radius 3 is 2.36 bits per heavy atom. The second-order valence-electron chi connectivity index (χ2n) is 7.49. The van der Waals surface area contributed by atoms with Crippen LogP contribution in [0.1, 0.15) is 38.7 Å². The number of hydrogen-bond acceptors (Lipinski definition) is 1. The molecule has 2 unspecified atom stereocenters. The van der Waals surface area contributed by atoms with Crippen molar-refractivity contribution in [2.75, 3.05) is 0 Å². The molecule has 0 radical (unpaired) electrons. The third kappa shape index (κ3) is 3.91. The van der Waals surface area contributed by atoms with Crippen molar-refractivity contribution in [2.24, 2.45) is 5.92 Å². The Bertz CT molecular complexity index is 609. The van der Waals surface area contributed by atoms with Crippen molar-refractivity contribution in [3.63, 3.8) is 0 Å². The van der Waals surface area contributed by atoms with Crippen molar-refractivity contribution in [3.8, 4) is 11.8 Å². The lowest BCUT2D eigenvalue weighted by molar-refractivity contribution is 0.103. The minimum absolute atomic E-state index is 0.196. The minimum Gasteiger partial charge on any atom is -0.377 e. The molecule has 2 rings (SSSR count). The first-order valence-corrected chi connectivity index (χ1v) is 11.8. The predicted octanol–water partition coefficient (Wildman–Crippen LogP) is 4.78. The van der Waals surface area contributed by atoms with Crippen LogP contribution in [0.25, 0.3) is 0 Å². The van der Waals surface area contributed by atoms with Crippen LogP contribution < -0.4 is 0 Å². The molecule has 1 aliphatic rings. The molecule has 0 amide bonds. The molecule has 0 spiro atoms. The summed E-state index contributed by atoms with van der Waals surface area (Å²) in [6, 6.07) is 9.92. The summed E-state index contributed by atoms with van der Waals surface area (Å²) in [5.74, 6) is 6.47. The molecule has 22 heavy (non-hydrogen) atoms. The van der Waals surface area contributed by atoms with E-state index in [4.69, 9.17) is 0 Å². The molecule has 0 saturated heterocycles. The van der Waals surface area contributed by atoms with Crippen LogP contribution in [0, 0.1) is 17.8 Å². The van der Waals surface area contributed by atoms with Crippen LogP contribution in [0.5, 0.6) is 0 Å². The highest BCUT2D eigenvalue weighted by Crippen LogP contribution is 2.53. The smallest absolute Gasteiger partial charge is 0.132 e. The molecule has 1 aromatic rings. The Morgan fingerprint density at radius 1 is 1.18 bits per heavy atom. The zero-order valence-electron chi connectivity index (χ0n) is 14.5. The van der Waals surface area contributed by atoms with Crippen LogP contribution in [0.2, 0.25) is 19.6 Å². The van der Waals surface area contributed by atoms with Gasteiger partial charge in [-0.15, -0.1) is 0 Å². The SMILES string of the molecule is CCCCC1=C([Si](C)(C)C)C1C(C)(O)C#Cc1ccccc1. The van der Waals surface area contributed by atoms with E-state index >= 15 is 0 Å². The fourth-order valence-corrected chi connectivity index (χ4v) is 5.72. The molecule has 0 aromatic heterocycles. The Morgan fingerprint density at radius 2 is 1.82 bits per heavy atom. The summed E-state index contributed by atoms with van der Waals surface area (Å²) in [5.41, 5.74) is 1.52. The van der Waals surface area contributed by atoms with Crippen molar-refractivity contribution < 1.29 is 5.11 Å². The molecule has 0 fully saturated rings. The van der Waals surface area contributed by atoms with Crippen molar-refractivity contribution in [3.05, 3.63) is 46.7 Å². The van der Waals surface area contributed by atoms with Gasteiger partial charge in [-0.25, -0.2) is 0 Å². The van der Waals surface area contributed by atoms with Gasteiger partial charge in [-0.2, -0.15) is 0 Å². The van der Waals surface area contributed by atoms with Crippen LogP contribution in [-0.2, 0) is 0 Å². The van der Waals surface area contributed by atoms with Gasteiger partial charge in [0.15, 0.2) is 0 Å². The molecule has 0 aliphatic heterocycles. The summed E-state index contributed by atoms with van der Waals surface area (Å²) in [5, 5.41) is 12.5. The zero-order valence-corrected chi connectivity index (χ0v) is 15.5. The van der Waals surface area contributed by atoms with E-state index in [0.29, 0.717) is 0 Å². The number of benzene rings is 1. The third-order valence-electron chi connectivity index (χ3n) is 4.30. The van der Waals surface area contributed by atoms with Crippen molar-refractivity contribution >= 4 is 8.07 Å². The first-order chi connectivity index (χ1) is 10.3. The second-order valence-corrected chi connectivity index (χ2v) is 12.5. The second kappa shape index (κ2) is 6.44. The minimum atomic E-state index is -1.37. The van der Waals surface area contributed by atoms with E-state index < -0.39 is 13.7 Å². The average molecular weight is 313 g/mol. The third-order valence-corrected chi connectivity index (χ3v) is 6.53. The number of rotatable bonds is 5. The molecule has 1 N–H and O–H groups in total. The Kier molecular flexibility index (Phi) is 4.99. The Labute approximate surface area is 136 Å². The molecule has 0 heterocycles. The highest BCUT2D eigenvalue weighted by Gasteiger charge is 2.51. The fourth-order valence-electron chi connectivity index (χ4n) is 3.24. The monoisotopic (exact) mass is 312 g/mol. The van der Waals surface area contributed by atoms with E-state index in [-0.39, 0.29) is 5.92 Å². The fraction of sp³-hybridized carbons (Fsp3) is 0.500. The summed E-state index contributed by atoms with van der Waals surface area (Å²) in [6.07, 6.45) is 3.54. The van der Waals surface area contributed by atoms with Crippen molar-refractivity contribution in [1.82, 2.24) is 0 Å². The summed E-state index contributed by atoms with van der Waals surface area (Å²) in [7, 11) is -1.37. The van der Waals surface area contributed by atoms with Gasteiger partial charge in [-0.05, 0) is 31.9 Å². The van der Waals surface area contributed by atoms with E-state index in [1.165, 1.54) is 18.4 Å². The maximum atomic E-state index is 10.9. The highest BCUT2D eigenvalue weighted by molar-refractivity contribution is 6.84. The maximum absolute atomic E-state index is 10.9. The van der Waals surface area contributed by atoms with Crippen LogP contribution in [0.15, 0.2) is 41.1 Å². The molecule has 1 aliphatic carbocycles. The summed E-state index contributed by atoms with van der Waals surface area (Å²) < 4.78 is 0. The molecule has 2 atom stereocenters. The van der Waals surface area contributed by atoms with Crippen LogP contribution in [0.4, 0.5) is 0 Å². The van der Waals surface area contributed by atoms with E-state index in [2.05, 4.69) is 38.4 Å². The van der Waals surface area contributed by atoms with E-state index in [9.17, 15) is 5.11 Å². The lowest BCUT2D eigenvalue weighted by Crippen LogP contribution is -2.32. The van der Waals surface area contributed by atoms with Gasteiger partial charge in [0.25, 0.3) is 0 Å². The first kappa shape index (κ1) is 17.1. The zero-order chi connectivity index (χ0) is 16.4. The molecule has 118 valence electrons. The van der Waals surface area contributed by atoms with Crippen LogP contribution >= 0.6 is 0 Å². The van der Waals surface area contributed by atoms with Gasteiger partial charge in [-0.3, -0.25) is 0 Å². The number of hydrogen-bond donors (Lipinski definition) is 1. The first-order valence-electron chi connectivity index (χ1n) is 8.31. The largest absolute Gasteiger partial charge is 0.377 e. The Hall–Kier alpha value is -1.30. The molecule has 0 bridgehead atoms. The van der Waals surface area contributed by atoms with Crippen LogP contribution in [0.3, 0.4) is 0 Å². The summed E-state index contributed by atoms with van der Waals surface area (Å²) in [6.45, 7) is 11.2. The van der Waals surface area contributed by atoms with Crippen LogP contribution in [-0.4, -0.2) is 18.8 Å². The van der Waals surface area contributed by atoms with Gasteiger partial charge in [0.2, 0.25) is 0 Å². The van der Waals surface area contributed by atoms with Gasteiger partial charge in [0.05, 0.1) is 8.07 Å². The quantitative estimate of drug-likeness (QED) is 0.612. The molecule has 1 nitrogen and oxygen atoms in total. The van der Waals surface area contributed by atoms with E-state index in [0.717, 1.165) is 12.0 Å². The number of unbranched alkanes of at least 4 members (excludes halogenated alkanes) is 1. The topological polar surface area (TPSA) is 20.2 Å². The lowest BCUT2D eigenvalue weighted by Gasteiger charge is -2.22. The summed E-state index contributed by atoms with van der Waals surface area (Å²) in [4.78, 5) is 0. The van der Waals surface area contributed by atoms with Gasteiger partial charge < -0.3 is 5.11 Å². The Balaban J connectivity index is 2.18. The lowest BCUT2D eigenvalue weighted by atomic mass is 9.95. The maximum Gasteiger partial charge on any atom is 0.132 e. The highest BCUT2D eigenvalue weighted by atomic mass is 28.3. The molecule has 2 heteroatoms. The van der Waals surface area contributed by atoms with E-state index in [1.54, 1.807) is 5.20 Å². The molecule has 1 aromatic carbocycles. The summed E-state index contributed by atoms with van der Waals surface area (Å²) >= 11 is 0. The standard InChI is InChI=1S/C20H28OSi/c1-6-7-13-17-18(19(17)22(3,4)5)20(2,21)15-14-16-11-9-8-10-12-16/h8-12,18,21H,6-7,13H2,1-5H3. The van der Waals surface area contributed by atoms with Crippen molar-refractivity contribution in [2.45, 2.75) is 58.4 Å². The van der Waals surface area contributed by atoms with Gasteiger partial charge >= 0.3 is 0 Å². The van der Waals surface area contributed by atoms with Gasteiger partial charge in [-0.1, -0.05) is 73.8 Å². The molecule has 0 saturated carbocycles. The van der Waals surface area contributed by atoms with E-state index in [1.807, 2.05) is 37.3 Å². The molecular weight excluding hydrogens is 284 g/mol. The van der Waals surface area contributed by atoms with Gasteiger partial charge in [0, 0.05) is 11.5 Å². The average Bonchev–Trinajstić information content (AvgIpc) is 3.20. The number of aliphatic hydroxyl groups is 1. The van der Waals surface area contributed by atoms with Gasteiger partial charge in [0.1, 0.15) is 5.60 Å². The normalized spacial score (nSPS) is 20.2. The molecular formula is C20H28OSi. The van der Waals surface area contributed by atoms with Crippen molar-refractivity contribution in [1.29, 1.82) is 0 Å². The predicted molar refractivity (Wildman–Crippen MR) is 97.3 cm³/mol.